The van der Waals surface area contributed by atoms with Crippen molar-refractivity contribution in [3.8, 4) is 0 Å². The second-order valence-electron chi connectivity index (χ2n) is 5.00. The number of piperidine rings is 1. The van der Waals surface area contributed by atoms with E-state index in [9.17, 15) is 13.2 Å². The Kier molecular flexibility index (Phi) is 7.06. The van der Waals surface area contributed by atoms with E-state index in [0.717, 1.165) is 25.9 Å². The van der Waals surface area contributed by atoms with Crippen molar-refractivity contribution in [1.82, 2.24) is 10.2 Å². The molecule has 7 heteroatoms. The first kappa shape index (κ1) is 16.7. The molecule has 0 aromatic rings. The molecule has 0 spiro atoms. The molecule has 0 aromatic heterocycles. The van der Waals surface area contributed by atoms with E-state index in [1.54, 1.807) is 12.0 Å². The molecular weight excluding hydrogens is 261 g/mol. The molecule has 1 rings (SSSR count). The Bertz CT molecular complexity index is 244. The summed E-state index contributed by atoms with van der Waals surface area (Å²) in [4.78, 5) is 1.68. The van der Waals surface area contributed by atoms with Gasteiger partial charge in [-0.1, -0.05) is 0 Å². The molecule has 0 amide bonds. The molecule has 114 valence electrons. The topological polar surface area (TPSA) is 44.7 Å². The molecule has 0 saturated carbocycles. The molecule has 1 fully saturated rings. The Morgan fingerprint density at radius 2 is 2.00 bits per heavy atom. The lowest BCUT2D eigenvalue weighted by molar-refractivity contribution is -0.208. The summed E-state index contributed by atoms with van der Waals surface area (Å²) in [5, 5.41) is 12.3. The van der Waals surface area contributed by atoms with Crippen LogP contribution in [0.4, 0.5) is 13.2 Å². The SMILES string of the molecule is COCCNCC1CCN(CC(O)C(F)(F)F)CC1. The van der Waals surface area contributed by atoms with E-state index in [4.69, 9.17) is 9.84 Å². The highest BCUT2D eigenvalue weighted by Gasteiger charge is 2.39. The van der Waals surface area contributed by atoms with Crippen LogP contribution in [0.5, 0.6) is 0 Å². The van der Waals surface area contributed by atoms with Crippen LogP contribution in [0.2, 0.25) is 0 Å². The molecule has 0 bridgehead atoms. The number of halogens is 3. The Morgan fingerprint density at radius 3 is 2.53 bits per heavy atom. The number of likely N-dealkylation sites (tertiary alicyclic amines) is 1. The third-order valence-corrected chi connectivity index (χ3v) is 3.43. The van der Waals surface area contributed by atoms with Crippen LogP contribution < -0.4 is 5.32 Å². The van der Waals surface area contributed by atoms with Gasteiger partial charge in [-0.2, -0.15) is 13.2 Å². The average molecular weight is 284 g/mol. The van der Waals surface area contributed by atoms with Gasteiger partial charge in [-0.25, -0.2) is 0 Å². The Balaban J connectivity index is 2.15. The maximum Gasteiger partial charge on any atom is 0.415 e. The van der Waals surface area contributed by atoms with Gasteiger partial charge in [-0.15, -0.1) is 0 Å². The number of alkyl halides is 3. The molecule has 1 aliphatic heterocycles. The lowest BCUT2D eigenvalue weighted by Gasteiger charge is -2.33. The van der Waals surface area contributed by atoms with Crippen molar-refractivity contribution in [2.24, 2.45) is 5.92 Å². The third-order valence-electron chi connectivity index (χ3n) is 3.43. The number of rotatable bonds is 7. The number of β-amino-alcohol motifs (C(OH)–C–C–N with tert-alkyl or cyclic N) is 1. The number of methoxy groups -OCH3 is 1. The highest BCUT2D eigenvalue weighted by Crippen LogP contribution is 2.23. The van der Waals surface area contributed by atoms with Gasteiger partial charge >= 0.3 is 6.18 Å². The fraction of sp³-hybridized carbons (Fsp3) is 1.00. The van der Waals surface area contributed by atoms with Crippen LogP contribution in [0.3, 0.4) is 0 Å². The van der Waals surface area contributed by atoms with E-state index < -0.39 is 12.3 Å². The van der Waals surface area contributed by atoms with Gasteiger partial charge < -0.3 is 20.1 Å². The van der Waals surface area contributed by atoms with E-state index >= 15 is 0 Å². The van der Waals surface area contributed by atoms with Crippen LogP contribution in [-0.4, -0.2) is 68.7 Å². The first-order chi connectivity index (χ1) is 8.93. The summed E-state index contributed by atoms with van der Waals surface area (Å²) in [5.74, 6) is 0.496. The fourth-order valence-electron chi connectivity index (χ4n) is 2.20. The highest BCUT2D eigenvalue weighted by atomic mass is 19.4. The van der Waals surface area contributed by atoms with Gasteiger partial charge in [0, 0.05) is 20.2 Å². The molecule has 0 aromatic carbocycles. The second kappa shape index (κ2) is 8.04. The maximum atomic E-state index is 12.2. The van der Waals surface area contributed by atoms with E-state index in [1.807, 2.05) is 0 Å². The summed E-state index contributed by atoms with van der Waals surface area (Å²) in [6, 6.07) is 0. The van der Waals surface area contributed by atoms with Gasteiger partial charge in [0.05, 0.1) is 6.61 Å². The molecule has 2 N–H and O–H groups in total. The summed E-state index contributed by atoms with van der Waals surface area (Å²) >= 11 is 0. The molecule has 4 nitrogen and oxygen atoms in total. The standard InChI is InChI=1S/C12H23F3N2O2/c1-19-7-4-16-8-10-2-5-17(6-3-10)9-11(18)12(13,14)15/h10-11,16,18H,2-9H2,1H3. The van der Waals surface area contributed by atoms with E-state index in [-0.39, 0.29) is 6.54 Å². The molecule has 0 radical (unpaired) electrons. The number of nitrogens with one attached hydrogen (secondary N) is 1. The second-order valence-corrected chi connectivity index (χ2v) is 5.00. The summed E-state index contributed by atoms with van der Waals surface area (Å²) in [6.07, 6.45) is -5.02. The van der Waals surface area contributed by atoms with Crippen molar-refractivity contribution in [3.63, 3.8) is 0 Å². The lowest BCUT2D eigenvalue weighted by Crippen LogP contribution is -2.45. The first-order valence-electron chi connectivity index (χ1n) is 6.60. The number of hydrogen-bond donors (Lipinski definition) is 2. The molecule has 19 heavy (non-hydrogen) atoms. The van der Waals surface area contributed by atoms with E-state index in [0.29, 0.717) is 25.6 Å². The summed E-state index contributed by atoms with van der Waals surface area (Å²) in [6.45, 7) is 3.25. The highest BCUT2D eigenvalue weighted by molar-refractivity contribution is 4.77. The number of hydrogen-bond acceptors (Lipinski definition) is 4. The minimum Gasteiger partial charge on any atom is -0.383 e. The Hall–Kier alpha value is -0.370. The van der Waals surface area contributed by atoms with Crippen LogP contribution in [-0.2, 0) is 4.74 Å². The first-order valence-corrected chi connectivity index (χ1v) is 6.60. The normalized spacial score (nSPS) is 20.7. The van der Waals surface area contributed by atoms with Crippen molar-refractivity contribution in [1.29, 1.82) is 0 Å². The molecule has 0 aliphatic carbocycles. The van der Waals surface area contributed by atoms with Crippen molar-refractivity contribution < 1.29 is 23.0 Å². The van der Waals surface area contributed by atoms with Gasteiger partial charge in [0.2, 0.25) is 0 Å². The zero-order valence-corrected chi connectivity index (χ0v) is 11.2. The van der Waals surface area contributed by atoms with Crippen molar-refractivity contribution in [2.75, 3.05) is 46.4 Å². The van der Waals surface area contributed by atoms with Crippen LogP contribution in [0.1, 0.15) is 12.8 Å². The summed E-state index contributed by atoms with van der Waals surface area (Å²) < 4.78 is 41.6. The number of nitrogens with zero attached hydrogens (tertiary/aromatic N) is 1. The monoisotopic (exact) mass is 284 g/mol. The predicted molar refractivity (Wildman–Crippen MR) is 66.0 cm³/mol. The molecule has 1 unspecified atom stereocenters. The van der Waals surface area contributed by atoms with Crippen LogP contribution in [0.15, 0.2) is 0 Å². The quantitative estimate of drug-likeness (QED) is 0.681. The van der Waals surface area contributed by atoms with E-state index in [1.165, 1.54) is 0 Å². The van der Waals surface area contributed by atoms with Crippen LogP contribution in [0, 0.1) is 5.92 Å². The molecule has 1 heterocycles. The Morgan fingerprint density at radius 1 is 1.37 bits per heavy atom. The van der Waals surface area contributed by atoms with Crippen molar-refractivity contribution in [3.05, 3.63) is 0 Å². The summed E-state index contributed by atoms with van der Waals surface area (Å²) in [7, 11) is 1.64. The fourth-order valence-corrected chi connectivity index (χ4v) is 2.20. The van der Waals surface area contributed by atoms with Gasteiger partial charge in [0.25, 0.3) is 0 Å². The molecular formula is C12H23F3N2O2. The van der Waals surface area contributed by atoms with Crippen molar-refractivity contribution >= 4 is 0 Å². The summed E-state index contributed by atoms with van der Waals surface area (Å²) in [5.41, 5.74) is 0. The Labute approximate surface area is 111 Å². The lowest BCUT2D eigenvalue weighted by atomic mass is 9.96. The third kappa shape index (κ3) is 6.56. The average Bonchev–Trinajstić information content (AvgIpc) is 2.35. The van der Waals surface area contributed by atoms with Gasteiger partial charge in [0.1, 0.15) is 0 Å². The number of aliphatic hydroxyl groups excluding tert-OH is 1. The van der Waals surface area contributed by atoms with Gasteiger partial charge in [0.15, 0.2) is 6.10 Å². The molecule has 1 aliphatic rings. The maximum absolute atomic E-state index is 12.2. The predicted octanol–water partition coefficient (Wildman–Crippen LogP) is 0.858. The van der Waals surface area contributed by atoms with E-state index in [2.05, 4.69) is 5.32 Å². The van der Waals surface area contributed by atoms with Crippen molar-refractivity contribution in [2.45, 2.75) is 25.1 Å². The van der Waals surface area contributed by atoms with Crippen LogP contribution in [0.25, 0.3) is 0 Å². The molecule has 1 atom stereocenters. The number of aliphatic hydroxyl groups is 1. The van der Waals surface area contributed by atoms with Crippen LogP contribution >= 0.6 is 0 Å². The minimum atomic E-state index is -4.52. The molecule has 1 saturated heterocycles. The smallest absolute Gasteiger partial charge is 0.383 e. The van der Waals surface area contributed by atoms with Gasteiger partial charge in [-0.05, 0) is 38.4 Å². The zero-order chi connectivity index (χ0) is 14.3. The van der Waals surface area contributed by atoms with Gasteiger partial charge in [-0.3, -0.25) is 0 Å². The minimum absolute atomic E-state index is 0.312. The largest absolute Gasteiger partial charge is 0.415 e. The number of ether oxygens (including phenoxy) is 1. The zero-order valence-electron chi connectivity index (χ0n) is 11.2.